The molecule has 2 aromatic heterocycles. The Kier molecular flexibility index (Phi) is 6.74. The summed E-state index contributed by atoms with van der Waals surface area (Å²) in [6, 6.07) is 15.0. The molecule has 3 heterocycles. The molecule has 0 saturated carbocycles. The van der Waals surface area contributed by atoms with Gasteiger partial charge < -0.3 is 29.2 Å². The Morgan fingerprint density at radius 3 is 2.53 bits per heavy atom. The van der Waals surface area contributed by atoms with E-state index in [1.54, 1.807) is 49.7 Å². The number of aromatic amines is 1. The number of hydrogen-bond donors (Lipinski definition) is 2. The highest BCUT2D eigenvalue weighted by atomic mass is 16.5. The van der Waals surface area contributed by atoms with Gasteiger partial charge in [0.25, 0.3) is 11.7 Å². The number of ether oxygens (including phenoxy) is 3. The molecule has 1 fully saturated rings. The molecule has 0 unspecified atom stereocenters. The summed E-state index contributed by atoms with van der Waals surface area (Å²) in [6.45, 7) is 0.235. The Morgan fingerprint density at radius 2 is 1.82 bits per heavy atom. The molecule has 4 aromatic rings. The zero-order valence-corrected chi connectivity index (χ0v) is 21.2. The van der Waals surface area contributed by atoms with E-state index in [0.717, 1.165) is 22.2 Å². The number of aliphatic hydroxyl groups is 1. The van der Waals surface area contributed by atoms with Crippen LogP contribution in [0.25, 0.3) is 16.7 Å². The number of aromatic nitrogens is 2. The van der Waals surface area contributed by atoms with Gasteiger partial charge in [-0.2, -0.15) is 0 Å². The lowest BCUT2D eigenvalue weighted by molar-refractivity contribution is -0.139. The second-order valence-corrected chi connectivity index (χ2v) is 8.79. The molecule has 2 N–H and O–H groups in total. The lowest BCUT2D eigenvalue weighted by atomic mass is 9.98. The number of H-pyrrole nitrogens is 1. The number of ketones is 1. The zero-order valence-electron chi connectivity index (χ0n) is 21.2. The van der Waals surface area contributed by atoms with E-state index in [-0.39, 0.29) is 17.9 Å². The molecular weight excluding hydrogens is 486 g/mol. The topological polar surface area (TPSA) is 114 Å². The van der Waals surface area contributed by atoms with Gasteiger partial charge in [0, 0.05) is 35.4 Å². The van der Waals surface area contributed by atoms with Crippen molar-refractivity contribution in [1.29, 1.82) is 0 Å². The largest absolute Gasteiger partial charge is 0.507 e. The van der Waals surface area contributed by atoms with Gasteiger partial charge in [-0.25, -0.2) is 0 Å². The number of fused-ring (bicyclic) bond motifs is 1. The molecule has 38 heavy (non-hydrogen) atoms. The molecule has 1 amide bonds. The maximum Gasteiger partial charge on any atom is 0.295 e. The predicted molar refractivity (Wildman–Crippen MR) is 141 cm³/mol. The van der Waals surface area contributed by atoms with E-state index in [0.29, 0.717) is 29.2 Å². The van der Waals surface area contributed by atoms with Crippen molar-refractivity contribution >= 4 is 28.4 Å². The molecule has 5 rings (SSSR count). The van der Waals surface area contributed by atoms with Gasteiger partial charge in [0.15, 0.2) is 11.5 Å². The van der Waals surface area contributed by atoms with E-state index in [1.807, 2.05) is 24.4 Å². The standard InChI is InChI=1S/C29H27N3O6/c1-36-19-8-9-21-20(15-19)18(16-31-21)11-13-32-26(22-6-4-5-12-30-22)25(28(34)29(32)35)27(33)17-7-10-23(37-2)24(14-17)38-3/h4-10,12,14-16,26,31,33H,11,13H2,1-3H3/t26-/m0/s1. The zero-order chi connectivity index (χ0) is 26.8. The molecule has 1 aliphatic heterocycles. The summed E-state index contributed by atoms with van der Waals surface area (Å²) < 4.78 is 16.0. The molecular formula is C29H27N3O6. The van der Waals surface area contributed by atoms with Crippen molar-refractivity contribution in [1.82, 2.24) is 14.9 Å². The fraction of sp³-hybridized carbons (Fsp3) is 0.207. The van der Waals surface area contributed by atoms with Crippen LogP contribution in [0.3, 0.4) is 0 Å². The van der Waals surface area contributed by atoms with Gasteiger partial charge in [0.2, 0.25) is 0 Å². The Bertz CT molecular complexity index is 1540. The van der Waals surface area contributed by atoms with E-state index in [1.165, 1.54) is 19.1 Å². The van der Waals surface area contributed by atoms with E-state index in [9.17, 15) is 14.7 Å². The van der Waals surface area contributed by atoms with Crippen LogP contribution in [-0.2, 0) is 16.0 Å². The third-order valence-electron chi connectivity index (χ3n) is 6.76. The number of hydrogen-bond acceptors (Lipinski definition) is 7. The van der Waals surface area contributed by atoms with Crippen LogP contribution in [0.4, 0.5) is 0 Å². The third kappa shape index (κ3) is 4.32. The molecule has 2 aromatic carbocycles. The number of likely N-dealkylation sites (tertiary alicyclic amines) is 1. The van der Waals surface area contributed by atoms with Gasteiger partial charge >= 0.3 is 0 Å². The number of carbonyl (C=O) groups excluding carboxylic acids is 2. The molecule has 1 aliphatic rings. The van der Waals surface area contributed by atoms with Gasteiger partial charge in [0.05, 0.1) is 32.6 Å². The number of methoxy groups -OCH3 is 3. The van der Waals surface area contributed by atoms with Crippen LogP contribution in [0.1, 0.15) is 22.9 Å². The average molecular weight is 514 g/mol. The SMILES string of the molecule is COc1ccc2[nH]cc(CCN3C(=O)C(=O)C(=C(O)c4ccc(OC)c(OC)c4)[C@@H]3c3ccccn3)c2c1. The number of carbonyl (C=O) groups is 2. The van der Waals surface area contributed by atoms with Crippen molar-refractivity contribution in [2.24, 2.45) is 0 Å². The van der Waals surface area contributed by atoms with Gasteiger partial charge in [-0.1, -0.05) is 6.07 Å². The molecule has 9 nitrogen and oxygen atoms in total. The van der Waals surface area contributed by atoms with Crippen molar-refractivity contribution in [2.75, 3.05) is 27.9 Å². The number of rotatable bonds is 8. The third-order valence-corrected chi connectivity index (χ3v) is 6.76. The van der Waals surface area contributed by atoms with Gasteiger partial charge in [0.1, 0.15) is 17.6 Å². The second-order valence-electron chi connectivity index (χ2n) is 8.79. The van der Waals surface area contributed by atoms with Crippen LogP contribution < -0.4 is 14.2 Å². The fourth-order valence-electron chi connectivity index (χ4n) is 4.83. The number of Topliss-reactive ketones (excluding diaryl/α,β-unsaturated/α-hetero) is 1. The van der Waals surface area contributed by atoms with E-state index in [4.69, 9.17) is 14.2 Å². The Labute approximate surface area is 219 Å². The van der Waals surface area contributed by atoms with E-state index < -0.39 is 17.7 Å². The van der Waals surface area contributed by atoms with Crippen molar-refractivity contribution in [2.45, 2.75) is 12.5 Å². The molecule has 0 bridgehead atoms. The predicted octanol–water partition coefficient (Wildman–Crippen LogP) is 4.25. The number of aliphatic hydroxyl groups excluding tert-OH is 1. The first-order valence-electron chi connectivity index (χ1n) is 12.0. The van der Waals surface area contributed by atoms with Gasteiger partial charge in [-0.05, 0) is 60.5 Å². The highest BCUT2D eigenvalue weighted by molar-refractivity contribution is 6.46. The number of pyridine rings is 1. The van der Waals surface area contributed by atoms with Crippen molar-refractivity contribution in [3.8, 4) is 17.2 Å². The van der Waals surface area contributed by atoms with E-state index in [2.05, 4.69) is 9.97 Å². The van der Waals surface area contributed by atoms with E-state index >= 15 is 0 Å². The first-order valence-corrected chi connectivity index (χ1v) is 12.0. The van der Waals surface area contributed by atoms with Crippen molar-refractivity contribution < 1.29 is 28.9 Å². The van der Waals surface area contributed by atoms with Gasteiger partial charge in [-0.15, -0.1) is 0 Å². The summed E-state index contributed by atoms with van der Waals surface area (Å²) in [5.41, 5.74) is 2.69. The van der Waals surface area contributed by atoms with Crippen LogP contribution in [0.5, 0.6) is 17.2 Å². The summed E-state index contributed by atoms with van der Waals surface area (Å²) in [4.78, 5) is 35.8. The summed E-state index contributed by atoms with van der Waals surface area (Å²) in [7, 11) is 4.60. The Balaban J connectivity index is 1.55. The van der Waals surface area contributed by atoms with Crippen molar-refractivity contribution in [3.05, 3.63) is 89.4 Å². The van der Waals surface area contributed by atoms with Crippen LogP contribution in [0, 0.1) is 0 Å². The minimum Gasteiger partial charge on any atom is -0.507 e. The average Bonchev–Trinajstić information content (AvgIpc) is 3.48. The van der Waals surface area contributed by atoms with Crippen LogP contribution in [0.15, 0.2) is 72.6 Å². The van der Waals surface area contributed by atoms with Crippen molar-refractivity contribution in [3.63, 3.8) is 0 Å². The highest BCUT2D eigenvalue weighted by Crippen LogP contribution is 2.40. The van der Waals surface area contributed by atoms with Crippen LogP contribution in [-0.4, -0.2) is 59.5 Å². The minimum absolute atomic E-state index is 0.0264. The normalized spacial score (nSPS) is 16.7. The molecule has 0 spiro atoms. The van der Waals surface area contributed by atoms with Crippen LogP contribution >= 0.6 is 0 Å². The number of nitrogens with one attached hydrogen (secondary N) is 1. The molecule has 1 saturated heterocycles. The molecule has 9 heteroatoms. The first-order chi connectivity index (χ1) is 18.5. The summed E-state index contributed by atoms with van der Waals surface area (Å²) >= 11 is 0. The smallest absolute Gasteiger partial charge is 0.295 e. The second kappa shape index (κ2) is 10.3. The lowest BCUT2D eigenvalue weighted by Crippen LogP contribution is -2.32. The minimum atomic E-state index is -0.857. The molecule has 194 valence electrons. The number of amides is 1. The highest BCUT2D eigenvalue weighted by Gasteiger charge is 2.46. The maximum atomic E-state index is 13.3. The molecule has 1 atom stereocenters. The fourth-order valence-corrected chi connectivity index (χ4v) is 4.83. The number of nitrogens with zero attached hydrogens (tertiary/aromatic N) is 2. The maximum absolute atomic E-state index is 13.3. The molecule has 0 radical (unpaired) electrons. The number of benzene rings is 2. The molecule has 0 aliphatic carbocycles. The summed E-state index contributed by atoms with van der Waals surface area (Å²) in [5.74, 6) is -0.189. The quantitative estimate of drug-likeness (QED) is 0.206. The first kappa shape index (κ1) is 24.9. The van der Waals surface area contributed by atoms with Crippen LogP contribution in [0.2, 0.25) is 0 Å². The lowest BCUT2D eigenvalue weighted by Gasteiger charge is -2.24. The van der Waals surface area contributed by atoms with Gasteiger partial charge in [-0.3, -0.25) is 14.6 Å². The Morgan fingerprint density at radius 1 is 1.00 bits per heavy atom. The summed E-state index contributed by atoms with van der Waals surface area (Å²) in [6.07, 6.45) is 3.96. The summed E-state index contributed by atoms with van der Waals surface area (Å²) in [5, 5.41) is 12.3. The Hall–Kier alpha value is -4.79. The monoisotopic (exact) mass is 513 g/mol.